The molecule has 1 aromatic rings. The Morgan fingerprint density at radius 1 is 1.42 bits per heavy atom. The van der Waals surface area contributed by atoms with Crippen LogP contribution in [0.2, 0.25) is 5.02 Å². The summed E-state index contributed by atoms with van der Waals surface area (Å²) in [7, 11) is -3.65. The van der Waals surface area contributed by atoms with E-state index in [0.717, 1.165) is 12.8 Å². The quantitative estimate of drug-likeness (QED) is 0.804. The van der Waals surface area contributed by atoms with Gasteiger partial charge < -0.3 is 11.1 Å². The molecule has 1 saturated carbocycles. The monoisotopic (exact) mass is 302 g/mol. The van der Waals surface area contributed by atoms with Crippen molar-refractivity contribution < 1.29 is 13.2 Å². The SMILES string of the molecule is Nc1cccc(Cl)c1S(=O)(=O)CCC(=O)NC1CC1. The molecule has 1 aliphatic rings. The summed E-state index contributed by atoms with van der Waals surface area (Å²) in [6.07, 6.45) is 1.86. The molecule has 5 nitrogen and oxygen atoms in total. The maximum Gasteiger partial charge on any atom is 0.221 e. The number of benzene rings is 1. The van der Waals surface area contributed by atoms with Crippen LogP contribution in [-0.4, -0.2) is 26.1 Å². The maximum absolute atomic E-state index is 12.1. The van der Waals surface area contributed by atoms with E-state index in [4.69, 9.17) is 17.3 Å². The molecule has 0 bridgehead atoms. The Hall–Kier alpha value is -1.27. The van der Waals surface area contributed by atoms with Crippen LogP contribution >= 0.6 is 11.6 Å². The summed E-state index contributed by atoms with van der Waals surface area (Å²) in [5.74, 6) is -0.545. The highest BCUT2D eigenvalue weighted by molar-refractivity contribution is 7.91. The molecule has 0 radical (unpaired) electrons. The third kappa shape index (κ3) is 3.61. The number of hydrogen-bond donors (Lipinski definition) is 2. The van der Waals surface area contributed by atoms with Crippen molar-refractivity contribution in [1.82, 2.24) is 5.32 Å². The van der Waals surface area contributed by atoms with Gasteiger partial charge in [-0.25, -0.2) is 8.42 Å². The Morgan fingerprint density at radius 2 is 2.11 bits per heavy atom. The Morgan fingerprint density at radius 3 is 2.68 bits per heavy atom. The first-order chi connectivity index (χ1) is 8.90. The third-order valence-corrected chi connectivity index (χ3v) is 5.09. The number of anilines is 1. The predicted molar refractivity (Wildman–Crippen MR) is 73.7 cm³/mol. The van der Waals surface area contributed by atoms with Gasteiger partial charge >= 0.3 is 0 Å². The van der Waals surface area contributed by atoms with Crippen LogP contribution in [0.4, 0.5) is 5.69 Å². The standard InChI is InChI=1S/C12H15ClN2O3S/c13-9-2-1-3-10(14)12(9)19(17,18)7-6-11(16)15-8-4-5-8/h1-3,8H,4-7,14H2,(H,15,16). The van der Waals surface area contributed by atoms with Gasteiger partial charge in [0, 0.05) is 12.5 Å². The van der Waals surface area contributed by atoms with Gasteiger partial charge in [-0.05, 0) is 25.0 Å². The van der Waals surface area contributed by atoms with Gasteiger partial charge in [0.15, 0.2) is 9.84 Å². The van der Waals surface area contributed by atoms with Gasteiger partial charge in [0.2, 0.25) is 5.91 Å². The number of halogens is 1. The molecule has 0 spiro atoms. The number of carbonyl (C=O) groups excluding carboxylic acids is 1. The minimum Gasteiger partial charge on any atom is -0.398 e. The fourth-order valence-corrected chi connectivity index (χ4v) is 3.70. The Kier molecular flexibility index (Phi) is 4.01. The van der Waals surface area contributed by atoms with Gasteiger partial charge in [0.25, 0.3) is 0 Å². The summed E-state index contributed by atoms with van der Waals surface area (Å²) < 4.78 is 24.3. The summed E-state index contributed by atoms with van der Waals surface area (Å²) in [5, 5.41) is 2.83. The van der Waals surface area contributed by atoms with Gasteiger partial charge in [-0.15, -0.1) is 0 Å². The second-order valence-electron chi connectivity index (χ2n) is 4.57. The maximum atomic E-state index is 12.1. The van der Waals surface area contributed by atoms with E-state index in [-0.39, 0.29) is 39.7 Å². The molecule has 0 unspecified atom stereocenters. The normalized spacial score (nSPS) is 15.2. The van der Waals surface area contributed by atoms with Crippen LogP contribution in [0.15, 0.2) is 23.1 Å². The van der Waals surface area contributed by atoms with E-state index in [2.05, 4.69) is 5.32 Å². The zero-order chi connectivity index (χ0) is 14.0. The van der Waals surface area contributed by atoms with Gasteiger partial charge in [-0.3, -0.25) is 4.79 Å². The first kappa shape index (κ1) is 14.1. The van der Waals surface area contributed by atoms with Crippen molar-refractivity contribution >= 4 is 33.0 Å². The Balaban J connectivity index is 2.07. The van der Waals surface area contributed by atoms with Gasteiger partial charge in [0.1, 0.15) is 4.90 Å². The molecule has 0 aliphatic heterocycles. The largest absolute Gasteiger partial charge is 0.398 e. The van der Waals surface area contributed by atoms with E-state index in [0.29, 0.717) is 0 Å². The van der Waals surface area contributed by atoms with E-state index < -0.39 is 9.84 Å². The van der Waals surface area contributed by atoms with Crippen molar-refractivity contribution in [2.45, 2.75) is 30.2 Å². The van der Waals surface area contributed by atoms with Crippen LogP contribution in [0.5, 0.6) is 0 Å². The zero-order valence-electron chi connectivity index (χ0n) is 10.2. The highest BCUT2D eigenvalue weighted by Gasteiger charge is 2.26. The molecule has 0 heterocycles. The van der Waals surface area contributed by atoms with E-state index in [1.807, 2.05) is 0 Å². The van der Waals surface area contributed by atoms with Crippen molar-refractivity contribution in [2.24, 2.45) is 0 Å². The second-order valence-corrected chi connectivity index (χ2v) is 7.02. The van der Waals surface area contributed by atoms with E-state index in [1.165, 1.54) is 12.1 Å². The number of sulfone groups is 1. The molecule has 3 N–H and O–H groups in total. The minimum absolute atomic E-state index is 0.0799. The second kappa shape index (κ2) is 5.38. The van der Waals surface area contributed by atoms with Crippen molar-refractivity contribution in [2.75, 3.05) is 11.5 Å². The predicted octanol–water partition coefficient (Wildman–Crippen LogP) is 1.36. The highest BCUT2D eigenvalue weighted by Crippen LogP contribution is 2.28. The lowest BCUT2D eigenvalue weighted by Gasteiger charge is -2.09. The summed E-state index contributed by atoms with van der Waals surface area (Å²) in [4.78, 5) is 11.4. The van der Waals surface area contributed by atoms with Crippen LogP contribution in [-0.2, 0) is 14.6 Å². The molecule has 0 atom stereocenters. The Labute approximate surface area is 117 Å². The highest BCUT2D eigenvalue weighted by atomic mass is 35.5. The molecule has 1 aromatic carbocycles. The molecule has 2 rings (SSSR count). The summed E-state index contributed by atoms with van der Waals surface area (Å²) in [6, 6.07) is 4.75. The lowest BCUT2D eigenvalue weighted by Crippen LogP contribution is -2.27. The zero-order valence-corrected chi connectivity index (χ0v) is 11.8. The van der Waals surface area contributed by atoms with Crippen molar-refractivity contribution in [3.8, 4) is 0 Å². The number of hydrogen-bond acceptors (Lipinski definition) is 4. The summed E-state index contributed by atoms with van der Waals surface area (Å²) >= 11 is 5.86. The molecule has 0 saturated heterocycles. The van der Waals surface area contributed by atoms with Gasteiger partial charge in [0.05, 0.1) is 16.5 Å². The van der Waals surface area contributed by atoms with E-state index in [1.54, 1.807) is 6.07 Å². The molecular formula is C12H15ClN2O3S. The van der Waals surface area contributed by atoms with Crippen molar-refractivity contribution in [1.29, 1.82) is 0 Å². The molecule has 19 heavy (non-hydrogen) atoms. The molecule has 7 heteroatoms. The molecule has 1 amide bonds. The van der Waals surface area contributed by atoms with Crippen LogP contribution in [0, 0.1) is 0 Å². The number of carbonyl (C=O) groups is 1. The third-order valence-electron chi connectivity index (χ3n) is 2.85. The first-order valence-electron chi connectivity index (χ1n) is 5.96. The van der Waals surface area contributed by atoms with Gasteiger partial charge in [-0.1, -0.05) is 17.7 Å². The molecule has 1 aliphatic carbocycles. The van der Waals surface area contributed by atoms with Crippen LogP contribution in [0.3, 0.4) is 0 Å². The lowest BCUT2D eigenvalue weighted by atomic mass is 10.3. The molecule has 1 fully saturated rings. The van der Waals surface area contributed by atoms with E-state index >= 15 is 0 Å². The van der Waals surface area contributed by atoms with Crippen molar-refractivity contribution in [3.05, 3.63) is 23.2 Å². The van der Waals surface area contributed by atoms with Crippen LogP contribution < -0.4 is 11.1 Å². The van der Waals surface area contributed by atoms with Gasteiger partial charge in [-0.2, -0.15) is 0 Å². The fourth-order valence-electron chi connectivity index (χ4n) is 1.71. The Bertz CT molecular complexity index is 577. The number of nitrogens with two attached hydrogens (primary N) is 1. The number of nitrogen functional groups attached to an aromatic ring is 1. The number of rotatable bonds is 5. The summed E-state index contributed by atoms with van der Waals surface area (Å²) in [5.41, 5.74) is 5.75. The average Bonchev–Trinajstić information content (AvgIpc) is 3.10. The lowest BCUT2D eigenvalue weighted by molar-refractivity contribution is -0.120. The van der Waals surface area contributed by atoms with Crippen LogP contribution in [0.1, 0.15) is 19.3 Å². The topological polar surface area (TPSA) is 89.3 Å². The van der Waals surface area contributed by atoms with Crippen LogP contribution in [0.25, 0.3) is 0 Å². The fraction of sp³-hybridized carbons (Fsp3) is 0.417. The number of nitrogens with one attached hydrogen (secondary N) is 1. The number of amides is 1. The molecule has 0 aromatic heterocycles. The minimum atomic E-state index is -3.65. The average molecular weight is 303 g/mol. The van der Waals surface area contributed by atoms with E-state index in [9.17, 15) is 13.2 Å². The molecule has 104 valence electrons. The smallest absolute Gasteiger partial charge is 0.221 e. The van der Waals surface area contributed by atoms with Crippen molar-refractivity contribution in [3.63, 3.8) is 0 Å². The first-order valence-corrected chi connectivity index (χ1v) is 7.99. The molecular weight excluding hydrogens is 288 g/mol. The summed E-state index contributed by atoms with van der Waals surface area (Å²) in [6.45, 7) is 0.